The van der Waals surface area contributed by atoms with Gasteiger partial charge in [0.15, 0.2) is 0 Å². The number of nitrogens with zero attached hydrogens (tertiary/aromatic N) is 2. The zero-order chi connectivity index (χ0) is 15.3. The van der Waals surface area contributed by atoms with Crippen LogP contribution in [-0.4, -0.2) is 72.2 Å². The minimum atomic E-state index is -0.578. The molecule has 0 aromatic carbocycles. The lowest BCUT2D eigenvalue weighted by Gasteiger charge is -2.33. The minimum absolute atomic E-state index is 0.0943. The zero-order valence-electron chi connectivity index (χ0n) is 11.3. The number of hydrogen-bond acceptors (Lipinski definition) is 6. The Morgan fingerprint density at radius 1 is 1.20 bits per heavy atom. The Bertz CT molecular complexity index is 393. The van der Waals surface area contributed by atoms with Crippen molar-refractivity contribution >= 4 is 23.6 Å². The molecule has 0 aromatic heterocycles. The highest BCUT2D eigenvalue weighted by atomic mass is 16.2. The van der Waals surface area contributed by atoms with E-state index < -0.39 is 11.8 Å². The van der Waals surface area contributed by atoms with Crippen LogP contribution in [0.15, 0.2) is 0 Å². The molecule has 1 rings (SSSR count). The van der Waals surface area contributed by atoms with Gasteiger partial charge in [0.2, 0.25) is 23.6 Å². The van der Waals surface area contributed by atoms with Crippen LogP contribution in [0.5, 0.6) is 0 Å². The molecule has 0 radical (unpaired) electrons. The van der Waals surface area contributed by atoms with E-state index in [2.05, 4.69) is 5.32 Å². The van der Waals surface area contributed by atoms with Crippen molar-refractivity contribution in [2.45, 2.75) is 13.0 Å². The van der Waals surface area contributed by atoms with Gasteiger partial charge in [-0.2, -0.15) is 0 Å². The maximum Gasteiger partial charge on any atom is 0.240 e. The van der Waals surface area contributed by atoms with Gasteiger partial charge in [0.05, 0.1) is 26.2 Å². The summed E-state index contributed by atoms with van der Waals surface area (Å²) in [6.45, 7) is 2.08. The third-order valence-electron chi connectivity index (χ3n) is 2.88. The predicted molar refractivity (Wildman–Crippen MR) is 69.0 cm³/mol. The van der Waals surface area contributed by atoms with E-state index in [4.69, 9.17) is 11.5 Å². The van der Waals surface area contributed by atoms with Crippen LogP contribution >= 0.6 is 0 Å². The number of nitrogens with one attached hydrogen (secondary N) is 1. The van der Waals surface area contributed by atoms with Crippen molar-refractivity contribution in [2.24, 2.45) is 11.5 Å². The minimum Gasteiger partial charge on any atom is -0.369 e. The Morgan fingerprint density at radius 2 is 1.65 bits per heavy atom. The first-order chi connectivity index (χ1) is 9.27. The van der Waals surface area contributed by atoms with Crippen molar-refractivity contribution in [3.8, 4) is 0 Å². The molecule has 112 valence electrons. The van der Waals surface area contributed by atoms with Crippen LogP contribution in [-0.2, 0) is 19.2 Å². The van der Waals surface area contributed by atoms with Gasteiger partial charge < -0.3 is 11.5 Å². The molecule has 9 heteroatoms. The molecule has 0 saturated carbocycles. The number of imide groups is 1. The summed E-state index contributed by atoms with van der Waals surface area (Å²) in [6, 6.07) is -0.256. The maximum absolute atomic E-state index is 11.3. The SMILES string of the molecule is C[C@@H](CN1CC(=O)NC(=O)C1)N(CC(N)=O)CC(N)=O. The van der Waals surface area contributed by atoms with E-state index in [1.54, 1.807) is 11.8 Å². The second kappa shape index (κ2) is 6.96. The van der Waals surface area contributed by atoms with Gasteiger partial charge in [0.25, 0.3) is 0 Å². The molecule has 0 unspecified atom stereocenters. The predicted octanol–water partition coefficient (Wildman–Crippen LogP) is -3.39. The molecule has 20 heavy (non-hydrogen) atoms. The first kappa shape index (κ1) is 16.1. The Kier molecular flexibility index (Phi) is 5.59. The van der Waals surface area contributed by atoms with E-state index in [-0.39, 0.29) is 44.0 Å². The van der Waals surface area contributed by atoms with Gasteiger partial charge in [-0.25, -0.2) is 0 Å². The average Bonchev–Trinajstić information content (AvgIpc) is 2.24. The van der Waals surface area contributed by atoms with Crippen molar-refractivity contribution in [3.63, 3.8) is 0 Å². The fourth-order valence-corrected chi connectivity index (χ4v) is 2.08. The molecule has 1 atom stereocenters. The van der Waals surface area contributed by atoms with Crippen molar-refractivity contribution in [3.05, 3.63) is 0 Å². The molecule has 1 heterocycles. The fourth-order valence-electron chi connectivity index (χ4n) is 2.08. The van der Waals surface area contributed by atoms with Gasteiger partial charge in [0, 0.05) is 12.6 Å². The van der Waals surface area contributed by atoms with Crippen LogP contribution in [0.25, 0.3) is 0 Å². The summed E-state index contributed by atoms with van der Waals surface area (Å²) in [5.74, 6) is -1.90. The van der Waals surface area contributed by atoms with Crippen LogP contribution < -0.4 is 16.8 Å². The number of amides is 4. The summed E-state index contributed by atoms with van der Waals surface area (Å²) >= 11 is 0. The molecule has 9 nitrogen and oxygen atoms in total. The van der Waals surface area contributed by atoms with Gasteiger partial charge in [-0.15, -0.1) is 0 Å². The molecule has 0 aromatic rings. The van der Waals surface area contributed by atoms with E-state index >= 15 is 0 Å². The smallest absolute Gasteiger partial charge is 0.240 e. The van der Waals surface area contributed by atoms with E-state index in [1.165, 1.54) is 4.90 Å². The van der Waals surface area contributed by atoms with Crippen LogP contribution in [0.3, 0.4) is 0 Å². The third-order valence-corrected chi connectivity index (χ3v) is 2.88. The molecule has 1 aliphatic heterocycles. The molecular formula is C11H19N5O4. The Hall–Kier alpha value is -2.00. The summed E-state index contributed by atoms with van der Waals surface area (Å²) in [5.41, 5.74) is 10.2. The van der Waals surface area contributed by atoms with E-state index in [0.717, 1.165) is 0 Å². The van der Waals surface area contributed by atoms with Crippen molar-refractivity contribution in [2.75, 3.05) is 32.7 Å². The molecule has 0 spiro atoms. The number of rotatable bonds is 7. The lowest BCUT2D eigenvalue weighted by atomic mass is 10.2. The van der Waals surface area contributed by atoms with Crippen LogP contribution in [0.1, 0.15) is 6.92 Å². The van der Waals surface area contributed by atoms with E-state index in [0.29, 0.717) is 6.54 Å². The maximum atomic E-state index is 11.3. The summed E-state index contributed by atoms with van der Waals surface area (Å²) < 4.78 is 0. The second-order valence-electron chi connectivity index (χ2n) is 4.83. The molecule has 0 bridgehead atoms. The Balaban J connectivity index is 2.62. The number of primary amides is 2. The Morgan fingerprint density at radius 3 is 2.05 bits per heavy atom. The Labute approximate surface area is 116 Å². The van der Waals surface area contributed by atoms with E-state index in [1.807, 2.05) is 0 Å². The van der Waals surface area contributed by atoms with Crippen LogP contribution in [0.2, 0.25) is 0 Å². The summed E-state index contributed by atoms with van der Waals surface area (Å²) in [4.78, 5) is 47.6. The zero-order valence-corrected chi connectivity index (χ0v) is 11.3. The van der Waals surface area contributed by atoms with Crippen LogP contribution in [0.4, 0.5) is 0 Å². The lowest BCUT2D eigenvalue weighted by molar-refractivity contribution is -0.137. The first-order valence-electron chi connectivity index (χ1n) is 6.13. The molecule has 1 aliphatic rings. The lowest BCUT2D eigenvalue weighted by Crippen LogP contribution is -2.55. The normalized spacial score (nSPS) is 17.9. The molecule has 1 fully saturated rings. The standard InChI is InChI=1S/C11H19N5O4/c1-7(16(3-8(12)17)4-9(13)18)2-15-5-10(19)14-11(20)6-15/h7H,2-6H2,1H3,(H2,12,17)(H2,13,18)(H,14,19,20)/t7-/m0/s1. The number of piperazine rings is 1. The van der Waals surface area contributed by atoms with Gasteiger partial charge in [-0.3, -0.25) is 34.3 Å². The highest BCUT2D eigenvalue weighted by Gasteiger charge is 2.26. The number of carbonyl (C=O) groups excluding carboxylic acids is 4. The summed E-state index contributed by atoms with van der Waals surface area (Å²) in [7, 11) is 0. The molecule has 0 aliphatic carbocycles. The van der Waals surface area contributed by atoms with Crippen molar-refractivity contribution in [1.29, 1.82) is 0 Å². The fraction of sp³-hybridized carbons (Fsp3) is 0.636. The van der Waals surface area contributed by atoms with Gasteiger partial charge in [-0.1, -0.05) is 0 Å². The van der Waals surface area contributed by atoms with Gasteiger partial charge in [0.1, 0.15) is 0 Å². The largest absolute Gasteiger partial charge is 0.369 e. The van der Waals surface area contributed by atoms with Gasteiger partial charge in [-0.05, 0) is 6.92 Å². The molecule has 5 N–H and O–H groups in total. The molecular weight excluding hydrogens is 266 g/mol. The highest BCUT2D eigenvalue weighted by molar-refractivity contribution is 5.99. The summed E-state index contributed by atoms with van der Waals surface area (Å²) in [5, 5.41) is 2.19. The van der Waals surface area contributed by atoms with E-state index in [9.17, 15) is 19.2 Å². The molecule has 4 amide bonds. The highest BCUT2D eigenvalue weighted by Crippen LogP contribution is 2.04. The van der Waals surface area contributed by atoms with Crippen molar-refractivity contribution < 1.29 is 19.2 Å². The number of nitrogens with two attached hydrogens (primary N) is 2. The second-order valence-corrected chi connectivity index (χ2v) is 4.83. The topological polar surface area (TPSA) is 139 Å². The monoisotopic (exact) mass is 285 g/mol. The summed E-state index contributed by atoms with van der Waals surface area (Å²) in [6.07, 6.45) is 0. The van der Waals surface area contributed by atoms with Gasteiger partial charge >= 0.3 is 0 Å². The van der Waals surface area contributed by atoms with Crippen molar-refractivity contribution in [1.82, 2.24) is 15.1 Å². The average molecular weight is 285 g/mol. The van der Waals surface area contributed by atoms with Crippen LogP contribution in [0, 0.1) is 0 Å². The third kappa shape index (κ3) is 5.33. The molecule has 1 saturated heterocycles. The quantitative estimate of drug-likeness (QED) is 0.417. The number of hydrogen-bond donors (Lipinski definition) is 3. The number of carbonyl (C=O) groups is 4. The first-order valence-corrected chi connectivity index (χ1v) is 6.13.